The molecule has 3 saturated heterocycles. The van der Waals surface area contributed by atoms with E-state index in [-0.39, 0.29) is 0 Å². The normalized spacial score (nSPS) is 33.5. The maximum atomic E-state index is 2.84. The van der Waals surface area contributed by atoms with Crippen molar-refractivity contribution in [2.45, 2.75) is 71.5 Å². The molecule has 0 N–H and O–H groups in total. The van der Waals surface area contributed by atoms with Crippen molar-refractivity contribution in [1.29, 1.82) is 0 Å². The minimum atomic E-state index is 0.347. The van der Waals surface area contributed by atoms with Crippen molar-refractivity contribution in [3.63, 3.8) is 0 Å². The third-order valence-corrected chi connectivity index (χ3v) is 6.39. The van der Waals surface area contributed by atoms with Crippen molar-refractivity contribution in [3.05, 3.63) is 0 Å². The summed E-state index contributed by atoms with van der Waals surface area (Å²) in [4.78, 5) is 8.22. The van der Waals surface area contributed by atoms with Crippen LogP contribution in [0.2, 0.25) is 0 Å². The quantitative estimate of drug-likeness (QED) is 0.737. The molecule has 0 aliphatic carbocycles. The van der Waals surface area contributed by atoms with E-state index in [2.05, 4.69) is 56.2 Å². The average molecular weight is 308 g/mol. The van der Waals surface area contributed by atoms with Crippen LogP contribution in [0.1, 0.15) is 54.4 Å². The lowest BCUT2D eigenvalue weighted by molar-refractivity contribution is 0.0583. The molecule has 3 aliphatic heterocycles. The van der Waals surface area contributed by atoms with Crippen molar-refractivity contribution in [1.82, 2.24) is 14.7 Å². The Morgan fingerprint density at radius 1 is 0.636 bits per heavy atom. The SMILES string of the molecule is CC(C)(C)N1CCC(N2CC3CN(C(C)(C)C)CC3C2)CC1. The number of hydrogen-bond donors (Lipinski definition) is 0. The fraction of sp³-hybridized carbons (Fsp3) is 1.00. The van der Waals surface area contributed by atoms with Crippen LogP contribution in [-0.2, 0) is 0 Å². The fourth-order valence-corrected chi connectivity index (χ4v) is 4.78. The second-order valence-corrected chi connectivity index (χ2v) is 9.94. The molecule has 2 unspecified atom stereocenters. The molecule has 3 heterocycles. The molecule has 0 bridgehead atoms. The van der Waals surface area contributed by atoms with E-state index in [1.165, 1.54) is 52.1 Å². The first-order valence-corrected chi connectivity index (χ1v) is 9.39. The Labute approximate surface area is 138 Å². The van der Waals surface area contributed by atoms with E-state index in [1.54, 1.807) is 0 Å². The third-order valence-electron chi connectivity index (χ3n) is 6.39. The topological polar surface area (TPSA) is 9.72 Å². The Morgan fingerprint density at radius 2 is 1.09 bits per heavy atom. The van der Waals surface area contributed by atoms with Crippen LogP contribution in [0.25, 0.3) is 0 Å². The highest BCUT2D eigenvalue weighted by atomic mass is 15.3. The van der Waals surface area contributed by atoms with Gasteiger partial charge in [-0.05, 0) is 66.2 Å². The van der Waals surface area contributed by atoms with Gasteiger partial charge >= 0.3 is 0 Å². The Bertz CT molecular complexity index is 370. The van der Waals surface area contributed by atoms with Crippen LogP contribution in [-0.4, -0.2) is 71.1 Å². The fourth-order valence-electron chi connectivity index (χ4n) is 4.78. The Balaban J connectivity index is 1.50. The highest BCUT2D eigenvalue weighted by molar-refractivity contribution is 4.99. The number of nitrogens with zero attached hydrogens (tertiary/aromatic N) is 3. The zero-order valence-electron chi connectivity index (χ0n) is 15.7. The van der Waals surface area contributed by atoms with E-state index in [9.17, 15) is 0 Å². The number of hydrogen-bond acceptors (Lipinski definition) is 3. The smallest absolute Gasteiger partial charge is 0.0125 e. The minimum absolute atomic E-state index is 0.347. The number of rotatable bonds is 1. The first-order valence-electron chi connectivity index (χ1n) is 9.39. The van der Waals surface area contributed by atoms with Crippen molar-refractivity contribution < 1.29 is 0 Å². The first-order chi connectivity index (χ1) is 10.1. The van der Waals surface area contributed by atoms with E-state index < -0.39 is 0 Å². The largest absolute Gasteiger partial charge is 0.300 e. The third kappa shape index (κ3) is 3.37. The van der Waals surface area contributed by atoms with Crippen molar-refractivity contribution in [3.8, 4) is 0 Å². The lowest BCUT2D eigenvalue weighted by Crippen LogP contribution is -2.51. The summed E-state index contributed by atoms with van der Waals surface area (Å²) in [5.74, 6) is 1.86. The molecule has 3 fully saturated rings. The number of piperidine rings is 1. The predicted molar refractivity (Wildman–Crippen MR) is 94.2 cm³/mol. The van der Waals surface area contributed by atoms with E-state index in [0.717, 1.165) is 17.9 Å². The summed E-state index contributed by atoms with van der Waals surface area (Å²) in [6, 6.07) is 0.854. The van der Waals surface area contributed by atoms with Crippen LogP contribution in [0.15, 0.2) is 0 Å². The molecule has 0 aromatic rings. The molecular formula is C19H37N3. The monoisotopic (exact) mass is 307 g/mol. The highest BCUT2D eigenvalue weighted by Crippen LogP contribution is 2.37. The number of fused-ring (bicyclic) bond motifs is 1. The van der Waals surface area contributed by atoms with E-state index >= 15 is 0 Å². The zero-order chi connectivity index (χ0) is 16.1. The zero-order valence-corrected chi connectivity index (χ0v) is 15.7. The lowest BCUT2D eigenvalue weighted by Gasteiger charge is -2.43. The van der Waals surface area contributed by atoms with Crippen LogP contribution in [0.3, 0.4) is 0 Å². The lowest BCUT2D eigenvalue weighted by atomic mass is 9.97. The Morgan fingerprint density at radius 3 is 1.50 bits per heavy atom. The van der Waals surface area contributed by atoms with E-state index in [0.29, 0.717) is 11.1 Å². The first kappa shape index (κ1) is 16.7. The van der Waals surface area contributed by atoms with Gasteiger partial charge in [0.05, 0.1) is 0 Å². The van der Waals surface area contributed by atoms with Crippen LogP contribution in [0, 0.1) is 11.8 Å². The second-order valence-electron chi connectivity index (χ2n) is 9.94. The van der Waals surface area contributed by atoms with Crippen LogP contribution < -0.4 is 0 Å². The van der Waals surface area contributed by atoms with Crippen molar-refractivity contribution in [2.75, 3.05) is 39.3 Å². The van der Waals surface area contributed by atoms with Crippen molar-refractivity contribution >= 4 is 0 Å². The van der Waals surface area contributed by atoms with Gasteiger partial charge in [-0.2, -0.15) is 0 Å². The molecule has 3 nitrogen and oxygen atoms in total. The van der Waals surface area contributed by atoms with Gasteiger partial charge in [-0.3, -0.25) is 14.7 Å². The molecule has 0 aromatic heterocycles. The molecule has 22 heavy (non-hydrogen) atoms. The molecular weight excluding hydrogens is 270 g/mol. The van der Waals surface area contributed by atoms with Crippen LogP contribution in [0.4, 0.5) is 0 Å². The number of likely N-dealkylation sites (tertiary alicyclic amines) is 3. The molecule has 0 radical (unpaired) electrons. The Kier molecular flexibility index (Phi) is 4.37. The van der Waals surface area contributed by atoms with Gasteiger partial charge < -0.3 is 0 Å². The molecule has 3 heteroatoms. The van der Waals surface area contributed by atoms with E-state index in [1.807, 2.05) is 0 Å². The summed E-state index contributed by atoms with van der Waals surface area (Å²) >= 11 is 0. The molecule has 3 aliphatic rings. The average Bonchev–Trinajstić information content (AvgIpc) is 2.95. The van der Waals surface area contributed by atoms with Gasteiger partial charge in [0.2, 0.25) is 0 Å². The van der Waals surface area contributed by atoms with Crippen molar-refractivity contribution in [2.24, 2.45) is 11.8 Å². The minimum Gasteiger partial charge on any atom is -0.300 e. The molecule has 0 saturated carbocycles. The molecule has 128 valence electrons. The molecule has 0 aromatic carbocycles. The highest BCUT2D eigenvalue weighted by Gasteiger charge is 2.44. The van der Waals surface area contributed by atoms with Gasteiger partial charge in [0.15, 0.2) is 0 Å². The van der Waals surface area contributed by atoms with Gasteiger partial charge in [-0.1, -0.05) is 0 Å². The van der Waals surface area contributed by atoms with Crippen LogP contribution in [0.5, 0.6) is 0 Å². The van der Waals surface area contributed by atoms with Crippen LogP contribution >= 0.6 is 0 Å². The van der Waals surface area contributed by atoms with Gasteiger partial charge in [0.25, 0.3) is 0 Å². The molecule has 0 amide bonds. The standard InChI is InChI=1S/C19H37N3/c1-18(2,3)21-9-7-17(8-10-21)20-11-15-13-22(19(4,5)6)14-16(15)12-20/h15-17H,7-14H2,1-6H3. The Hall–Kier alpha value is -0.120. The summed E-state index contributed by atoms with van der Waals surface area (Å²) in [6.07, 6.45) is 2.75. The van der Waals surface area contributed by atoms with Gasteiger partial charge in [0, 0.05) is 56.4 Å². The molecule has 0 spiro atoms. The van der Waals surface area contributed by atoms with E-state index in [4.69, 9.17) is 0 Å². The summed E-state index contributed by atoms with van der Waals surface area (Å²) in [7, 11) is 0. The summed E-state index contributed by atoms with van der Waals surface area (Å²) in [6.45, 7) is 22.1. The second kappa shape index (κ2) is 5.75. The summed E-state index contributed by atoms with van der Waals surface area (Å²) in [5, 5.41) is 0. The predicted octanol–water partition coefficient (Wildman–Crippen LogP) is 2.91. The summed E-state index contributed by atoms with van der Waals surface area (Å²) < 4.78 is 0. The summed E-state index contributed by atoms with van der Waals surface area (Å²) in [5.41, 5.74) is 0.701. The maximum Gasteiger partial charge on any atom is 0.0125 e. The van der Waals surface area contributed by atoms with Gasteiger partial charge in [0.1, 0.15) is 0 Å². The maximum absolute atomic E-state index is 2.84. The molecule has 2 atom stereocenters. The molecule has 3 rings (SSSR count). The van der Waals surface area contributed by atoms with Gasteiger partial charge in [-0.25, -0.2) is 0 Å². The van der Waals surface area contributed by atoms with Gasteiger partial charge in [-0.15, -0.1) is 0 Å².